The number of carbonyl (C=O) groups is 1. The highest BCUT2D eigenvalue weighted by atomic mass is 35.5. The molecule has 0 heterocycles. The minimum absolute atomic E-state index is 0.149. The summed E-state index contributed by atoms with van der Waals surface area (Å²) in [6, 6.07) is 4.28. The molecule has 0 aliphatic carbocycles. The van der Waals surface area contributed by atoms with Crippen LogP contribution in [0.3, 0.4) is 0 Å². The topological polar surface area (TPSA) is 17.1 Å². The molecule has 0 atom stereocenters. The third-order valence-corrected chi connectivity index (χ3v) is 2.59. The van der Waals surface area contributed by atoms with Crippen LogP contribution in [-0.2, 0) is 6.18 Å². The average molecular weight is 265 g/mol. The maximum absolute atomic E-state index is 12.3. The number of benzene rings is 1. The van der Waals surface area contributed by atoms with Gasteiger partial charge in [0.15, 0.2) is 5.78 Å². The molecule has 0 aliphatic rings. The molecule has 0 unspecified atom stereocenters. The van der Waals surface area contributed by atoms with Crippen LogP contribution in [0.15, 0.2) is 24.3 Å². The molecule has 0 amide bonds. The summed E-state index contributed by atoms with van der Waals surface area (Å²) >= 11 is 5.47. The Morgan fingerprint density at radius 1 is 1.12 bits per heavy atom. The van der Waals surface area contributed by atoms with E-state index in [0.29, 0.717) is 24.3 Å². The first-order valence-electron chi connectivity index (χ1n) is 5.21. The smallest absolute Gasteiger partial charge is 0.294 e. The first kappa shape index (κ1) is 14.0. The highest BCUT2D eigenvalue weighted by Crippen LogP contribution is 2.29. The van der Waals surface area contributed by atoms with Gasteiger partial charge in [0.1, 0.15) is 0 Å². The van der Waals surface area contributed by atoms with E-state index in [4.69, 9.17) is 11.6 Å². The fraction of sp³-hybridized carbons (Fsp3) is 0.417. The molecule has 1 rings (SSSR count). The van der Waals surface area contributed by atoms with E-state index in [9.17, 15) is 18.0 Å². The normalized spacial score (nSPS) is 11.5. The molecule has 0 saturated heterocycles. The molecule has 0 aliphatic heterocycles. The molecule has 1 nitrogen and oxygen atoms in total. The fourth-order valence-corrected chi connectivity index (χ4v) is 1.56. The van der Waals surface area contributed by atoms with Crippen LogP contribution < -0.4 is 0 Å². The van der Waals surface area contributed by atoms with Crippen molar-refractivity contribution in [1.29, 1.82) is 0 Å². The molecule has 0 saturated carbocycles. The van der Waals surface area contributed by atoms with E-state index in [2.05, 4.69) is 0 Å². The summed E-state index contributed by atoms with van der Waals surface area (Å²) in [7, 11) is 0. The summed E-state index contributed by atoms with van der Waals surface area (Å²) in [5, 5.41) is 0. The summed E-state index contributed by atoms with van der Waals surface area (Å²) in [5.74, 6) is 0.337. The highest BCUT2D eigenvalue weighted by Gasteiger charge is 2.30. The number of rotatable bonds is 5. The summed E-state index contributed by atoms with van der Waals surface area (Å²) in [5.41, 5.74) is -0.428. The van der Waals surface area contributed by atoms with Crippen molar-refractivity contribution in [2.24, 2.45) is 0 Å². The number of halogens is 4. The van der Waals surface area contributed by atoms with Gasteiger partial charge in [-0.2, -0.15) is 13.2 Å². The molecular weight excluding hydrogens is 253 g/mol. The summed E-state index contributed by atoms with van der Waals surface area (Å²) < 4.78 is 36.8. The van der Waals surface area contributed by atoms with Gasteiger partial charge in [0.05, 0.1) is 5.56 Å². The monoisotopic (exact) mass is 264 g/mol. The predicted octanol–water partition coefficient (Wildman–Crippen LogP) is 4.30. The fourth-order valence-electron chi connectivity index (χ4n) is 1.37. The van der Waals surface area contributed by atoms with E-state index in [1.54, 1.807) is 0 Å². The molecule has 0 bridgehead atoms. The van der Waals surface area contributed by atoms with Gasteiger partial charge in [-0.1, -0.05) is 12.1 Å². The maximum atomic E-state index is 12.3. The van der Waals surface area contributed by atoms with E-state index in [0.717, 1.165) is 18.6 Å². The van der Waals surface area contributed by atoms with Crippen molar-refractivity contribution in [3.8, 4) is 0 Å². The lowest BCUT2D eigenvalue weighted by Gasteiger charge is -2.07. The summed E-state index contributed by atoms with van der Waals surface area (Å²) in [6.45, 7) is 0. The van der Waals surface area contributed by atoms with Gasteiger partial charge >= 0.3 is 6.18 Å². The van der Waals surface area contributed by atoms with Crippen LogP contribution in [0.25, 0.3) is 0 Å². The largest absolute Gasteiger partial charge is 0.416 e. The van der Waals surface area contributed by atoms with Gasteiger partial charge in [-0.05, 0) is 25.0 Å². The van der Waals surface area contributed by atoms with Crippen molar-refractivity contribution in [2.75, 3.05) is 5.88 Å². The minimum atomic E-state index is -4.36. The lowest BCUT2D eigenvalue weighted by atomic mass is 10.0. The standard InChI is InChI=1S/C12H12ClF3O/c13-8-2-1-3-11(17)9-4-6-10(7-5-9)12(14,15)16/h4-7H,1-3,8H2. The Morgan fingerprint density at radius 2 is 1.71 bits per heavy atom. The van der Waals surface area contributed by atoms with E-state index in [1.165, 1.54) is 12.1 Å². The maximum Gasteiger partial charge on any atom is 0.416 e. The number of unbranched alkanes of at least 4 members (excludes halogenated alkanes) is 1. The zero-order chi connectivity index (χ0) is 12.9. The molecule has 5 heteroatoms. The first-order valence-corrected chi connectivity index (χ1v) is 5.75. The first-order chi connectivity index (χ1) is 7.95. The van der Waals surface area contributed by atoms with E-state index in [-0.39, 0.29) is 5.78 Å². The molecule has 0 aromatic heterocycles. The van der Waals surface area contributed by atoms with Gasteiger partial charge in [0, 0.05) is 17.9 Å². The van der Waals surface area contributed by atoms with E-state index in [1.807, 2.05) is 0 Å². The van der Waals surface area contributed by atoms with Gasteiger partial charge in [-0.25, -0.2) is 0 Å². The predicted molar refractivity (Wildman–Crippen MR) is 60.3 cm³/mol. The summed E-state index contributed by atoms with van der Waals surface area (Å²) in [4.78, 5) is 11.6. The van der Waals surface area contributed by atoms with Crippen LogP contribution in [-0.4, -0.2) is 11.7 Å². The van der Waals surface area contributed by atoms with Crippen LogP contribution in [0.4, 0.5) is 13.2 Å². The summed E-state index contributed by atoms with van der Waals surface area (Å²) in [6.07, 6.45) is -2.66. The lowest BCUT2D eigenvalue weighted by molar-refractivity contribution is -0.137. The van der Waals surface area contributed by atoms with Crippen molar-refractivity contribution in [1.82, 2.24) is 0 Å². The Labute approximate surface area is 103 Å². The van der Waals surface area contributed by atoms with E-state index < -0.39 is 11.7 Å². The SMILES string of the molecule is O=C(CCCCCl)c1ccc(C(F)(F)F)cc1. The van der Waals surface area contributed by atoms with Crippen molar-refractivity contribution < 1.29 is 18.0 Å². The molecule has 17 heavy (non-hydrogen) atoms. The molecule has 0 N–H and O–H groups in total. The second-order valence-corrected chi connectivity index (χ2v) is 4.02. The third-order valence-electron chi connectivity index (χ3n) is 2.32. The van der Waals surface area contributed by atoms with Crippen molar-refractivity contribution in [3.63, 3.8) is 0 Å². The van der Waals surface area contributed by atoms with Crippen molar-refractivity contribution >= 4 is 17.4 Å². The van der Waals surface area contributed by atoms with Gasteiger partial charge in [0.25, 0.3) is 0 Å². The third kappa shape index (κ3) is 4.38. The molecule has 1 aromatic carbocycles. The number of Topliss-reactive ketones (excluding diaryl/α,β-unsaturated/α-hetero) is 1. The zero-order valence-corrected chi connectivity index (χ0v) is 9.81. The Kier molecular flexibility index (Phi) is 5.00. The number of carbonyl (C=O) groups excluding carboxylic acids is 1. The minimum Gasteiger partial charge on any atom is -0.294 e. The zero-order valence-electron chi connectivity index (χ0n) is 9.06. The number of alkyl halides is 4. The molecule has 0 spiro atoms. The Balaban J connectivity index is 2.64. The Bertz CT molecular complexity index is 370. The van der Waals surface area contributed by atoms with Crippen LogP contribution >= 0.6 is 11.6 Å². The van der Waals surface area contributed by atoms with Crippen molar-refractivity contribution in [2.45, 2.75) is 25.4 Å². The Morgan fingerprint density at radius 3 is 2.18 bits per heavy atom. The van der Waals surface area contributed by atoms with Gasteiger partial charge in [-0.15, -0.1) is 11.6 Å². The second kappa shape index (κ2) is 6.05. The lowest BCUT2D eigenvalue weighted by Crippen LogP contribution is -2.06. The van der Waals surface area contributed by atoms with Crippen LogP contribution in [0.2, 0.25) is 0 Å². The number of hydrogen-bond donors (Lipinski definition) is 0. The molecule has 0 fully saturated rings. The molecular formula is C12H12ClF3O. The van der Waals surface area contributed by atoms with E-state index >= 15 is 0 Å². The molecule has 94 valence electrons. The molecule has 0 radical (unpaired) electrons. The van der Waals surface area contributed by atoms with Gasteiger partial charge < -0.3 is 0 Å². The molecule has 1 aromatic rings. The number of hydrogen-bond acceptors (Lipinski definition) is 1. The van der Waals surface area contributed by atoms with Crippen LogP contribution in [0.1, 0.15) is 35.2 Å². The van der Waals surface area contributed by atoms with Crippen LogP contribution in [0, 0.1) is 0 Å². The number of ketones is 1. The quantitative estimate of drug-likeness (QED) is 0.440. The second-order valence-electron chi connectivity index (χ2n) is 3.64. The van der Waals surface area contributed by atoms with Crippen molar-refractivity contribution in [3.05, 3.63) is 35.4 Å². The Hall–Kier alpha value is -1.03. The van der Waals surface area contributed by atoms with Gasteiger partial charge in [0.2, 0.25) is 0 Å². The van der Waals surface area contributed by atoms with Gasteiger partial charge in [-0.3, -0.25) is 4.79 Å². The highest BCUT2D eigenvalue weighted by molar-refractivity contribution is 6.17. The van der Waals surface area contributed by atoms with Crippen LogP contribution in [0.5, 0.6) is 0 Å². The average Bonchev–Trinajstić information content (AvgIpc) is 2.28.